The molecular weight excluding hydrogens is 637 g/mol. The smallest absolute Gasteiger partial charge is 0.0555 e. The van der Waals surface area contributed by atoms with Gasteiger partial charge in [-0.2, -0.15) is 0 Å². The van der Waals surface area contributed by atoms with Gasteiger partial charge in [0.1, 0.15) is 0 Å². The Bertz CT molecular complexity index is 3120. The van der Waals surface area contributed by atoms with Gasteiger partial charge in [-0.05, 0) is 82.9 Å². The minimum atomic E-state index is 1.16. The van der Waals surface area contributed by atoms with E-state index in [1.54, 1.807) is 0 Å². The highest BCUT2D eigenvalue weighted by Gasteiger charge is 2.18. The summed E-state index contributed by atoms with van der Waals surface area (Å²) in [5, 5.41) is 7.68. The second kappa shape index (κ2) is 11.0. The van der Waals surface area contributed by atoms with Gasteiger partial charge in [0.2, 0.25) is 0 Å². The molecule has 0 radical (unpaired) electrons. The molecule has 0 aliphatic rings. The van der Waals surface area contributed by atoms with Crippen LogP contribution in [0.1, 0.15) is 0 Å². The zero-order chi connectivity index (χ0) is 33.5. The number of nitrogens with zero attached hydrogens (tertiary/aromatic N) is 2. The first-order valence-corrected chi connectivity index (χ1v) is 18.3. The normalized spacial score (nSPS) is 11.9. The zero-order valence-corrected chi connectivity index (χ0v) is 28.4. The minimum Gasteiger partial charge on any atom is -0.309 e. The Kier molecular flexibility index (Phi) is 6.16. The first-order valence-electron chi connectivity index (χ1n) is 17.4. The van der Waals surface area contributed by atoms with Crippen LogP contribution < -0.4 is 0 Å². The topological polar surface area (TPSA) is 9.86 Å². The van der Waals surface area contributed by atoms with Crippen molar-refractivity contribution in [3.05, 3.63) is 182 Å². The molecule has 238 valence electrons. The van der Waals surface area contributed by atoms with Crippen LogP contribution in [0, 0.1) is 0 Å². The Morgan fingerprint density at radius 1 is 0.314 bits per heavy atom. The van der Waals surface area contributed by atoms with Crippen molar-refractivity contribution in [1.29, 1.82) is 0 Å². The number of aromatic nitrogens is 2. The highest BCUT2D eigenvalue weighted by Crippen LogP contribution is 2.42. The highest BCUT2D eigenvalue weighted by atomic mass is 32.1. The van der Waals surface area contributed by atoms with Crippen molar-refractivity contribution in [2.75, 3.05) is 0 Å². The Balaban J connectivity index is 1.11. The molecule has 0 atom stereocenters. The molecule has 0 saturated carbocycles. The first-order chi connectivity index (χ1) is 25.3. The highest BCUT2D eigenvalue weighted by molar-refractivity contribution is 7.25. The van der Waals surface area contributed by atoms with Gasteiger partial charge in [-0.15, -0.1) is 11.3 Å². The molecule has 0 fully saturated rings. The summed E-state index contributed by atoms with van der Waals surface area (Å²) in [5.41, 5.74) is 12.1. The lowest BCUT2D eigenvalue weighted by atomic mass is 10.0. The van der Waals surface area contributed by atoms with E-state index in [2.05, 4.69) is 191 Å². The Morgan fingerprint density at radius 2 is 0.882 bits per heavy atom. The molecule has 0 saturated heterocycles. The third kappa shape index (κ3) is 4.29. The predicted octanol–water partition coefficient (Wildman–Crippen LogP) is 13.6. The summed E-state index contributed by atoms with van der Waals surface area (Å²) in [6, 6.07) is 66.6. The zero-order valence-electron chi connectivity index (χ0n) is 27.6. The number of thiophene rings is 1. The molecule has 11 rings (SSSR count). The first kappa shape index (κ1) is 28.4. The van der Waals surface area contributed by atoms with Crippen molar-refractivity contribution in [2.45, 2.75) is 0 Å². The van der Waals surface area contributed by atoms with E-state index in [1.165, 1.54) is 91.7 Å². The fourth-order valence-corrected chi connectivity index (χ4v) is 9.34. The van der Waals surface area contributed by atoms with E-state index >= 15 is 0 Å². The molecule has 2 nitrogen and oxygen atoms in total. The van der Waals surface area contributed by atoms with Crippen molar-refractivity contribution in [2.24, 2.45) is 0 Å². The lowest BCUT2D eigenvalue weighted by molar-refractivity contribution is 1.18. The molecule has 0 spiro atoms. The Morgan fingerprint density at radius 3 is 1.71 bits per heavy atom. The molecular formula is C48H30N2S. The lowest BCUT2D eigenvalue weighted by Gasteiger charge is -2.12. The second-order valence-corrected chi connectivity index (χ2v) is 14.4. The Hall–Kier alpha value is -6.42. The monoisotopic (exact) mass is 666 g/mol. The van der Waals surface area contributed by atoms with E-state index in [0.717, 1.165) is 5.69 Å². The average Bonchev–Trinajstić information content (AvgIpc) is 3.85. The predicted molar refractivity (Wildman–Crippen MR) is 219 cm³/mol. The molecule has 0 unspecified atom stereocenters. The largest absolute Gasteiger partial charge is 0.309 e. The van der Waals surface area contributed by atoms with Gasteiger partial charge < -0.3 is 9.13 Å². The second-order valence-electron chi connectivity index (χ2n) is 13.3. The van der Waals surface area contributed by atoms with Crippen LogP contribution in [0.25, 0.3) is 97.4 Å². The molecule has 3 heteroatoms. The van der Waals surface area contributed by atoms with Gasteiger partial charge in [0.15, 0.2) is 0 Å². The third-order valence-corrected chi connectivity index (χ3v) is 11.7. The number of benzene rings is 8. The number of para-hydroxylation sites is 2. The van der Waals surface area contributed by atoms with E-state index in [-0.39, 0.29) is 0 Å². The molecule has 0 amide bonds. The fraction of sp³-hybridized carbons (Fsp3) is 0. The average molecular weight is 667 g/mol. The molecule has 0 aliphatic carbocycles. The molecule has 11 aromatic rings. The van der Waals surface area contributed by atoms with E-state index in [9.17, 15) is 0 Å². The molecule has 0 aliphatic heterocycles. The van der Waals surface area contributed by atoms with Gasteiger partial charge in [0.25, 0.3) is 0 Å². The third-order valence-electron chi connectivity index (χ3n) is 10.5. The molecule has 0 N–H and O–H groups in total. The number of hydrogen-bond acceptors (Lipinski definition) is 1. The maximum atomic E-state index is 2.49. The van der Waals surface area contributed by atoms with Crippen LogP contribution in [0.4, 0.5) is 0 Å². The quantitative estimate of drug-likeness (QED) is 0.177. The van der Waals surface area contributed by atoms with E-state index in [1.807, 2.05) is 11.3 Å². The van der Waals surface area contributed by atoms with Crippen LogP contribution in [-0.2, 0) is 0 Å². The number of hydrogen-bond donors (Lipinski definition) is 0. The maximum absolute atomic E-state index is 2.49. The number of rotatable bonds is 4. The number of fused-ring (bicyclic) bond motifs is 9. The molecule has 0 bridgehead atoms. The van der Waals surface area contributed by atoms with Crippen molar-refractivity contribution >= 4 is 75.1 Å². The minimum absolute atomic E-state index is 1.16. The molecule has 3 aromatic heterocycles. The van der Waals surface area contributed by atoms with Crippen LogP contribution >= 0.6 is 11.3 Å². The van der Waals surface area contributed by atoms with Crippen molar-refractivity contribution in [3.8, 4) is 33.6 Å². The fourth-order valence-electron chi connectivity index (χ4n) is 8.22. The van der Waals surface area contributed by atoms with Crippen LogP contribution in [0.2, 0.25) is 0 Å². The van der Waals surface area contributed by atoms with Crippen LogP contribution in [0.15, 0.2) is 182 Å². The summed E-state index contributed by atoms with van der Waals surface area (Å²) < 4.78 is 7.52. The van der Waals surface area contributed by atoms with E-state index in [4.69, 9.17) is 0 Å². The van der Waals surface area contributed by atoms with Gasteiger partial charge in [-0.3, -0.25) is 0 Å². The van der Waals surface area contributed by atoms with Gasteiger partial charge >= 0.3 is 0 Å². The summed E-state index contributed by atoms with van der Waals surface area (Å²) in [6.45, 7) is 0. The van der Waals surface area contributed by atoms with Gasteiger partial charge in [-0.1, -0.05) is 121 Å². The SMILES string of the molecule is c1ccc(-c2ccc(-n3c4ccccc4c4cc(-c5ccc6c7ccccc7n(-c7cccc8sc9ccccc9c78)c6c5)ccc43)cc2)cc1. The van der Waals surface area contributed by atoms with Crippen LogP contribution in [0.3, 0.4) is 0 Å². The lowest BCUT2D eigenvalue weighted by Crippen LogP contribution is -1.95. The Labute approximate surface area is 298 Å². The van der Waals surface area contributed by atoms with Crippen LogP contribution in [0.5, 0.6) is 0 Å². The summed E-state index contributed by atoms with van der Waals surface area (Å²) in [4.78, 5) is 0. The summed E-state index contributed by atoms with van der Waals surface area (Å²) in [5.74, 6) is 0. The summed E-state index contributed by atoms with van der Waals surface area (Å²) >= 11 is 1.87. The van der Waals surface area contributed by atoms with Gasteiger partial charge in [0.05, 0.1) is 27.8 Å². The van der Waals surface area contributed by atoms with Crippen LogP contribution in [-0.4, -0.2) is 9.13 Å². The molecule has 8 aromatic carbocycles. The van der Waals surface area contributed by atoms with E-state index < -0.39 is 0 Å². The van der Waals surface area contributed by atoms with Gasteiger partial charge in [0, 0.05) is 47.4 Å². The summed E-state index contributed by atoms with van der Waals surface area (Å²) in [6.07, 6.45) is 0. The maximum Gasteiger partial charge on any atom is 0.0555 e. The standard InChI is InChI=1S/C48H30N2S/c1-2-11-31(12-3-1)32-21-25-35(26-22-32)49-41-16-7-5-14-37(41)40-29-33(24-28-43(40)49)34-23-27-38-36-13-4-8-17-42(36)50(45(38)30-34)44-18-10-20-47-48(44)39-15-6-9-19-46(39)51-47/h1-30H. The van der Waals surface area contributed by atoms with Crippen molar-refractivity contribution in [3.63, 3.8) is 0 Å². The van der Waals surface area contributed by atoms with Crippen molar-refractivity contribution < 1.29 is 0 Å². The van der Waals surface area contributed by atoms with Crippen molar-refractivity contribution in [1.82, 2.24) is 9.13 Å². The van der Waals surface area contributed by atoms with E-state index in [0.29, 0.717) is 0 Å². The molecule has 3 heterocycles. The summed E-state index contributed by atoms with van der Waals surface area (Å²) in [7, 11) is 0. The molecule has 51 heavy (non-hydrogen) atoms. The van der Waals surface area contributed by atoms with Gasteiger partial charge in [-0.25, -0.2) is 0 Å².